The van der Waals surface area contributed by atoms with Crippen LogP contribution in [0.15, 0.2) is 119 Å². The molecule has 0 spiro atoms. The molecule has 0 saturated heterocycles. The van der Waals surface area contributed by atoms with Crippen molar-refractivity contribution in [3.63, 3.8) is 0 Å². The molecule has 0 atom stereocenters. The van der Waals surface area contributed by atoms with Crippen LogP contribution in [0.3, 0.4) is 0 Å². The molecule has 0 aliphatic rings. The molecule has 0 aliphatic heterocycles. The van der Waals surface area contributed by atoms with Gasteiger partial charge in [0.15, 0.2) is 11.2 Å². The zero-order valence-electron chi connectivity index (χ0n) is 24.4. The fourth-order valence-electron chi connectivity index (χ4n) is 5.25. The highest BCUT2D eigenvalue weighted by atomic mass is 19.4. The van der Waals surface area contributed by atoms with Crippen molar-refractivity contribution in [3.05, 3.63) is 121 Å². The summed E-state index contributed by atoms with van der Waals surface area (Å²) in [7, 11) is 0. The second-order valence-electron chi connectivity index (χ2n) is 10.4. The van der Waals surface area contributed by atoms with E-state index in [0.717, 1.165) is 36.4 Å². The van der Waals surface area contributed by atoms with Gasteiger partial charge in [-0.3, -0.25) is 0 Å². The van der Waals surface area contributed by atoms with Crippen LogP contribution in [0.1, 0.15) is 11.1 Å². The second-order valence-corrected chi connectivity index (χ2v) is 10.4. The fourth-order valence-corrected chi connectivity index (χ4v) is 5.25. The number of hydrogen-bond acceptors (Lipinski definition) is 6. The topological polar surface area (TPSA) is 70.5 Å². The number of aromatic nitrogens is 2. The van der Waals surface area contributed by atoms with Crippen LogP contribution in [0.25, 0.3) is 45.1 Å². The first-order valence-electron chi connectivity index (χ1n) is 14.1. The van der Waals surface area contributed by atoms with E-state index < -0.39 is 28.9 Å². The Bertz CT molecular complexity index is 1910. The van der Waals surface area contributed by atoms with Crippen LogP contribution < -0.4 is 9.47 Å². The van der Waals surface area contributed by atoms with Crippen molar-refractivity contribution in [1.82, 2.24) is 9.97 Å². The third-order valence-electron chi connectivity index (χ3n) is 7.43. The number of halogens is 6. The van der Waals surface area contributed by atoms with Crippen LogP contribution >= 0.6 is 0 Å². The van der Waals surface area contributed by atoms with E-state index in [0.29, 0.717) is 22.6 Å². The van der Waals surface area contributed by atoms with E-state index in [2.05, 4.69) is 23.1 Å². The van der Waals surface area contributed by atoms with Crippen LogP contribution in [-0.2, 0) is 5.41 Å². The number of oxazole rings is 2. The second kappa shape index (κ2) is 12.0. The summed E-state index contributed by atoms with van der Waals surface area (Å²) in [6.45, 7) is 7.69. The molecule has 0 fully saturated rings. The number of nitrogens with zero attached hydrogens (tertiary/aromatic N) is 2. The summed E-state index contributed by atoms with van der Waals surface area (Å²) < 4.78 is 112. The fraction of sp³-hybridized carbons (Fsp3) is 0.143. The number of rotatable bonds is 10. The number of hydrogen-bond donors (Lipinski definition) is 0. The molecule has 0 unspecified atom stereocenters. The third kappa shape index (κ3) is 5.71. The van der Waals surface area contributed by atoms with E-state index in [-0.39, 0.29) is 47.2 Å². The maximum Gasteiger partial charge on any atom is 0.411 e. The Morgan fingerprint density at radius 3 is 1.30 bits per heavy atom. The molecule has 0 saturated carbocycles. The molecule has 6 nitrogen and oxygen atoms in total. The molecular weight excluding hydrogens is 626 g/mol. The van der Waals surface area contributed by atoms with Crippen LogP contribution in [0.5, 0.6) is 11.5 Å². The minimum absolute atomic E-state index is 0.00601. The standard InChI is InChI=1S/C35H24F6N2O4/c1-3-17-44-25-11-5-21(6-12-25)31-42-27-19-23(9-15-29(27)46-31)33(34(36,37)38,35(39,40)41)24-10-16-30-28(20-24)43-32(47-30)22-7-13-26(14-8-22)45-18-4-2/h3-16,19-20H,1-2,17-18H2. The maximum atomic E-state index is 15.0. The van der Waals surface area contributed by atoms with E-state index in [9.17, 15) is 26.3 Å². The average Bonchev–Trinajstić information content (AvgIpc) is 3.66. The molecule has 0 radical (unpaired) electrons. The summed E-state index contributed by atoms with van der Waals surface area (Å²) in [4.78, 5) is 8.43. The van der Waals surface area contributed by atoms with Gasteiger partial charge in [0.2, 0.25) is 17.2 Å². The van der Waals surface area contributed by atoms with Gasteiger partial charge >= 0.3 is 12.4 Å². The molecule has 6 rings (SSSR count). The number of alkyl halides is 6. The highest BCUT2D eigenvalue weighted by molar-refractivity contribution is 5.80. The Morgan fingerprint density at radius 2 is 0.957 bits per heavy atom. The summed E-state index contributed by atoms with van der Waals surface area (Å²) in [5, 5.41) is 0. The van der Waals surface area contributed by atoms with Crippen LogP contribution in [-0.4, -0.2) is 35.5 Å². The van der Waals surface area contributed by atoms with Crippen LogP contribution in [0, 0.1) is 0 Å². The molecule has 4 aromatic carbocycles. The molecule has 2 heterocycles. The minimum atomic E-state index is -5.83. The summed E-state index contributed by atoms with van der Waals surface area (Å²) in [5.74, 6) is 1.06. The van der Waals surface area contributed by atoms with Crippen molar-refractivity contribution < 1.29 is 44.7 Å². The van der Waals surface area contributed by atoms with Crippen LogP contribution in [0.4, 0.5) is 26.3 Å². The van der Waals surface area contributed by atoms with E-state index >= 15 is 0 Å². The summed E-state index contributed by atoms with van der Waals surface area (Å²) in [6, 6.07) is 18.0. The summed E-state index contributed by atoms with van der Waals surface area (Å²) in [5.41, 5.74) is -6.09. The molecule has 0 N–H and O–H groups in total. The van der Waals surface area contributed by atoms with Gasteiger partial charge in [0.25, 0.3) is 0 Å². The van der Waals surface area contributed by atoms with Gasteiger partial charge < -0.3 is 18.3 Å². The Balaban J connectivity index is 1.42. The van der Waals surface area contributed by atoms with Gasteiger partial charge in [0.05, 0.1) is 0 Å². The van der Waals surface area contributed by atoms with Gasteiger partial charge in [-0.1, -0.05) is 37.4 Å². The van der Waals surface area contributed by atoms with Crippen molar-refractivity contribution >= 4 is 22.2 Å². The first-order valence-corrected chi connectivity index (χ1v) is 14.1. The molecular formula is C35H24F6N2O4. The molecule has 2 aromatic heterocycles. The van der Waals surface area contributed by atoms with Gasteiger partial charge in [-0.15, -0.1) is 0 Å². The first-order chi connectivity index (χ1) is 22.4. The van der Waals surface area contributed by atoms with Crippen molar-refractivity contribution in [1.29, 1.82) is 0 Å². The normalized spacial score (nSPS) is 12.4. The lowest BCUT2D eigenvalue weighted by atomic mass is 9.72. The zero-order valence-corrected chi connectivity index (χ0v) is 24.4. The number of ether oxygens (including phenoxy) is 2. The van der Waals surface area contributed by atoms with Gasteiger partial charge in [0.1, 0.15) is 35.7 Å². The van der Waals surface area contributed by atoms with E-state index in [4.69, 9.17) is 18.3 Å². The largest absolute Gasteiger partial charge is 0.490 e. The molecule has 240 valence electrons. The molecule has 12 heteroatoms. The van der Waals surface area contributed by atoms with Gasteiger partial charge in [-0.05, 0) is 83.9 Å². The summed E-state index contributed by atoms with van der Waals surface area (Å²) >= 11 is 0. The SMILES string of the molecule is C=CCOc1ccc(-c2nc3cc(C(c4ccc5oc(-c6ccc(OCC=C)cc6)nc5c4)(C(F)(F)F)C(F)(F)F)ccc3o2)cc1. The zero-order chi connectivity index (χ0) is 33.4. The predicted molar refractivity (Wildman–Crippen MR) is 163 cm³/mol. The van der Waals surface area contributed by atoms with E-state index in [1.54, 1.807) is 60.7 Å². The molecule has 0 bridgehead atoms. The lowest BCUT2D eigenvalue weighted by Crippen LogP contribution is -2.54. The van der Waals surface area contributed by atoms with E-state index in [1.165, 1.54) is 0 Å². The molecule has 0 aliphatic carbocycles. The van der Waals surface area contributed by atoms with Crippen molar-refractivity contribution in [2.75, 3.05) is 13.2 Å². The Hall–Kier alpha value is -5.52. The Labute approximate surface area is 263 Å². The third-order valence-corrected chi connectivity index (χ3v) is 7.43. The van der Waals surface area contributed by atoms with Gasteiger partial charge in [0, 0.05) is 11.1 Å². The number of benzene rings is 4. The van der Waals surface area contributed by atoms with E-state index in [1.807, 2.05) is 0 Å². The Kier molecular flexibility index (Phi) is 8.04. The minimum Gasteiger partial charge on any atom is -0.490 e. The quantitative estimate of drug-likeness (QED) is 0.109. The maximum absolute atomic E-state index is 15.0. The van der Waals surface area contributed by atoms with Gasteiger partial charge in [-0.25, -0.2) is 9.97 Å². The summed E-state index contributed by atoms with van der Waals surface area (Å²) in [6.07, 6.45) is -8.52. The smallest absolute Gasteiger partial charge is 0.411 e. The monoisotopic (exact) mass is 650 g/mol. The molecule has 6 aromatic rings. The molecule has 0 amide bonds. The van der Waals surface area contributed by atoms with Crippen molar-refractivity contribution in [2.45, 2.75) is 17.8 Å². The predicted octanol–water partition coefficient (Wildman–Crippen LogP) is 9.84. The number of fused-ring (bicyclic) bond motifs is 2. The first kappa shape index (κ1) is 31.5. The van der Waals surface area contributed by atoms with Crippen molar-refractivity contribution in [2.24, 2.45) is 0 Å². The van der Waals surface area contributed by atoms with Gasteiger partial charge in [-0.2, -0.15) is 26.3 Å². The Morgan fingerprint density at radius 1 is 0.574 bits per heavy atom. The average molecular weight is 651 g/mol. The lowest BCUT2D eigenvalue weighted by Gasteiger charge is -2.38. The molecule has 47 heavy (non-hydrogen) atoms. The van der Waals surface area contributed by atoms with Crippen molar-refractivity contribution in [3.8, 4) is 34.4 Å². The lowest BCUT2D eigenvalue weighted by molar-refractivity contribution is -0.288. The highest BCUT2D eigenvalue weighted by Crippen LogP contribution is 2.57. The van der Waals surface area contributed by atoms with Crippen LogP contribution in [0.2, 0.25) is 0 Å². The highest BCUT2D eigenvalue weighted by Gasteiger charge is 2.72.